The normalized spacial score (nSPS) is 18.6. The number of rotatable bonds is 10. The molecule has 9 nitrogen and oxygen atoms in total. The Kier molecular flexibility index (Phi) is 13.1. The highest BCUT2D eigenvalue weighted by Gasteiger charge is 2.45. The van der Waals surface area contributed by atoms with E-state index in [4.69, 9.17) is 37.7 Å². The highest BCUT2D eigenvalue weighted by Crippen LogP contribution is 2.46. The summed E-state index contributed by atoms with van der Waals surface area (Å²) in [5.74, 6) is 1.84. The van der Waals surface area contributed by atoms with Crippen molar-refractivity contribution in [2.45, 2.75) is 25.9 Å². The van der Waals surface area contributed by atoms with Crippen molar-refractivity contribution >= 4 is 58.7 Å². The molecule has 0 saturated carbocycles. The molecule has 0 spiro atoms. The first-order chi connectivity index (χ1) is 22.2. The third kappa shape index (κ3) is 8.47. The summed E-state index contributed by atoms with van der Waals surface area (Å²) in [5.41, 5.74) is 2.62. The van der Waals surface area contributed by atoms with Gasteiger partial charge in [0.15, 0.2) is 0 Å². The van der Waals surface area contributed by atoms with Gasteiger partial charge in [-0.3, -0.25) is 14.8 Å². The lowest BCUT2D eigenvalue weighted by atomic mass is 9.93. The van der Waals surface area contributed by atoms with Crippen LogP contribution in [0.1, 0.15) is 48.2 Å². The van der Waals surface area contributed by atoms with Crippen molar-refractivity contribution in [1.82, 2.24) is 14.7 Å². The van der Waals surface area contributed by atoms with Gasteiger partial charge in [-0.2, -0.15) is 5.26 Å². The van der Waals surface area contributed by atoms with Crippen LogP contribution in [0.2, 0.25) is 10.0 Å². The number of aliphatic imine (C=N–C) groups is 1. The van der Waals surface area contributed by atoms with Crippen molar-refractivity contribution in [3.63, 3.8) is 0 Å². The van der Waals surface area contributed by atoms with Gasteiger partial charge in [0, 0.05) is 48.8 Å². The largest absolute Gasteiger partial charge is 0.617 e. The number of carbonyl (C=O) groups is 1. The molecule has 47 heavy (non-hydrogen) atoms. The monoisotopic (exact) mass is 717 g/mol. The van der Waals surface area contributed by atoms with Crippen LogP contribution in [0.5, 0.6) is 11.5 Å². The molecule has 2 aliphatic heterocycles. The molecule has 250 valence electrons. The predicted octanol–water partition coefficient (Wildman–Crippen LogP) is 6.75. The predicted molar refractivity (Wildman–Crippen MR) is 190 cm³/mol. The fraction of sp³-hybridized carbons (Fsp3) is 0.382. The van der Waals surface area contributed by atoms with Crippen molar-refractivity contribution in [3.8, 4) is 17.6 Å². The summed E-state index contributed by atoms with van der Waals surface area (Å²) in [6, 6.07) is 19.3. The average molecular weight is 719 g/mol. The number of amides is 2. The van der Waals surface area contributed by atoms with E-state index in [0.717, 1.165) is 17.7 Å². The number of piperazine rings is 1. The lowest BCUT2D eigenvalue weighted by molar-refractivity contribution is 0.122. The van der Waals surface area contributed by atoms with E-state index in [1.165, 1.54) is 0 Å². The summed E-state index contributed by atoms with van der Waals surface area (Å²) >= 11 is 11.7. The van der Waals surface area contributed by atoms with Gasteiger partial charge in [0.25, 0.3) is 0 Å². The Labute approximate surface area is 295 Å². The number of urea groups is 1. The maximum atomic E-state index is 14.8. The van der Waals surface area contributed by atoms with Gasteiger partial charge in [-0.1, -0.05) is 58.6 Å². The summed E-state index contributed by atoms with van der Waals surface area (Å²) in [7, 11) is 0. The molecule has 1 unspecified atom stereocenters. The van der Waals surface area contributed by atoms with Gasteiger partial charge in [-0.05, 0) is 55.3 Å². The van der Waals surface area contributed by atoms with Crippen molar-refractivity contribution in [1.29, 1.82) is 5.26 Å². The van der Waals surface area contributed by atoms with E-state index in [1.54, 1.807) is 23.3 Å². The van der Waals surface area contributed by atoms with E-state index >= 15 is 0 Å². The van der Waals surface area contributed by atoms with Crippen LogP contribution >= 0.6 is 35.6 Å². The second-order valence-electron chi connectivity index (χ2n) is 11.0. The number of nitrogens with zero attached hydrogens (tertiary/aromatic N) is 5. The first kappa shape index (κ1) is 36.7. The van der Waals surface area contributed by atoms with Crippen LogP contribution in [-0.2, 0) is 11.2 Å². The quantitative estimate of drug-likeness (QED) is 0.215. The van der Waals surface area contributed by atoms with Crippen LogP contribution in [0.4, 0.5) is 4.79 Å². The zero-order chi connectivity index (χ0) is 32.8. The lowest BCUT2D eigenvalue weighted by Gasteiger charge is -2.39. The summed E-state index contributed by atoms with van der Waals surface area (Å²) in [6.07, 6.45) is 1.71. The number of benzene rings is 3. The highest BCUT2D eigenvalue weighted by atomic mass is 35.5. The minimum atomic E-state index is -0.881. The molecule has 2 aliphatic rings. The van der Waals surface area contributed by atoms with E-state index in [0.29, 0.717) is 83.7 Å². The van der Waals surface area contributed by atoms with Crippen LogP contribution in [0, 0.1) is 11.3 Å². The molecule has 3 aromatic rings. The first-order valence-corrected chi connectivity index (χ1v) is 17.8. The van der Waals surface area contributed by atoms with E-state index in [-0.39, 0.29) is 18.4 Å². The minimum Gasteiger partial charge on any atom is -0.617 e. The standard InChI is InChI=1S/C34H37Cl2N5O4S.ClH/c1-4-44-29-21-28(30(45-5-2)20-25(29)22-37)33-38-31(23-6-10-26(35)11-7-23)32(24-8-12-27(36)13-9-24)41(33)34(42)40-16-14-39(15-17-40)18-19-46(3)43;/h6-13,20-21,31-32H,4-5,14-19H2,1-3H3;1H/t31-,32+,46?;/m0./s1. The Balaban J connectivity index is 0.00000500. The van der Waals surface area contributed by atoms with Crippen LogP contribution in [0.15, 0.2) is 65.7 Å². The van der Waals surface area contributed by atoms with E-state index in [2.05, 4.69) is 11.0 Å². The molecule has 5 rings (SSSR count). The van der Waals surface area contributed by atoms with Crippen molar-refractivity contribution < 1.29 is 18.8 Å². The summed E-state index contributed by atoms with van der Waals surface area (Å²) in [4.78, 5) is 25.9. The van der Waals surface area contributed by atoms with Gasteiger partial charge in [0.1, 0.15) is 35.2 Å². The van der Waals surface area contributed by atoms with Gasteiger partial charge in [0.2, 0.25) is 0 Å². The molecule has 0 aromatic heterocycles. The molecule has 3 atom stereocenters. The van der Waals surface area contributed by atoms with Gasteiger partial charge in [-0.25, -0.2) is 4.79 Å². The minimum absolute atomic E-state index is 0. The molecule has 13 heteroatoms. The molecule has 1 fully saturated rings. The molecule has 0 aliphatic carbocycles. The maximum absolute atomic E-state index is 14.8. The van der Waals surface area contributed by atoms with Crippen LogP contribution in [0.25, 0.3) is 0 Å². The molecule has 3 aromatic carbocycles. The molecule has 2 heterocycles. The third-order valence-corrected chi connectivity index (χ3v) is 9.34. The van der Waals surface area contributed by atoms with Crippen LogP contribution < -0.4 is 9.47 Å². The Bertz CT molecular complexity index is 1590. The van der Waals surface area contributed by atoms with E-state index in [1.807, 2.05) is 67.3 Å². The topological polar surface area (TPSA) is 104 Å². The Morgan fingerprint density at radius 3 is 2.09 bits per heavy atom. The summed E-state index contributed by atoms with van der Waals surface area (Å²) in [5, 5.41) is 11.1. The zero-order valence-electron chi connectivity index (χ0n) is 26.5. The first-order valence-electron chi connectivity index (χ1n) is 15.3. The van der Waals surface area contributed by atoms with Gasteiger partial charge in [0.05, 0.1) is 36.6 Å². The van der Waals surface area contributed by atoms with E-state index in [9.17, 15) is 14.6 Å². The number of halogens is 3. The Hall–Kier alpha value is -3.17. The highest BCUT2D eigenvalue weighted by molar-refractivity contribution is 7.90. The molecule has 1 saturated heterocycles. The molecule has 2 amide bonds. The number of hydrogen-bond donors (Lipinski definition) is 0. The van der Waals surface area contributed by atoms with Crippen LogP contribution in [-0.4, -0.2) is 89.1 Å². The maximum Gasteiger partial charge on any atom is 0.326 e. The molecule has 0 radical (unpaired) electrons. The van der Waals surface area contributed by atoms with Crippen LogP contribution in [0.3, 0.4) is 0 Å². The lowest BCUT2D eigenvalue weighted by Crippen LogP contribution is -2.54. The fourth-order valence-electron chi connectivity index (χ4n) is 5.80. The van der Waals surface area contributed by atoms with Crippen molar-refractivity contribution in [3.05, 3.63) is 93.0 Å². The fourth-order valence-corrected chi connectivity index (χ4v) is 6.57. The second-order valence-corrected chi connectivity index (χ2v) is 13.5. The second kappa shape index (κ2) is 16.8. The van der Waals surface area contributed by atoms with Crippen molar-refractivity contribution in [2.24, 2.45) is 4.99 Å². The molecule has 0 N–H and O–H groups in total. The zero-order valence-corrected chi connectivity index (χ0v) is 29.7. The third-order valence-electron chi connectivity index (χ3n) is 8.08. The number of ether oxygens (including phenoxy) is 2. The Morgan fingerprint density at radius 1 is 0.957 bits per heavy atom. The number of amidine groups is 1. The van der Waals surface area contributed by atoms with Crippen molar-refractivity contribution in [2.75, 3.05) is 57.9 Å². The molecule has 0 bridgehead atoms. The summed E-state index contributed by atoms with van der Waals surface area (Å²) < 4.78 is 23.6. The smallest absolute Gasteiger partial charge is 0.326 e. The molecular weight excluding hydrogens is 681 g/mol. The van der Waals surface area contributed by atoms with Gasteiger partial charge < -0.3 is 18.9 Å². The Morgan fingerprint density at radius 2 is 1.53 bits per heavy atom. The number of nitriles is 1. The average Bonchev–Trinajstić information content (AvgIpc) is 3.45. The molecular formula is C34H38Cl3N5O4S. The van der Waals surface area contributed by atoms with E-state index < -0.39 is 23.3 Å². The SMILES string of the molecule is CCOc1cc(C2=N[C@@H](c3ccc(Cl)cc3)[C@@H](c3ccc(Cl)cc3)N2C(=O)N2CCN(CC[S+](C)[O-])CC2)c(OCC)cc1C#N.Cl. The number of carbonyl (C=O) groups excluding carboxylic acids is 1. The van der Waals surface area contributed by atoms with Gasteiger partial charge in [-0.15, -0.1) is 12.4 Å². The van der Waals surface area contributed by atoms with Gasteiger partial charge >= 0.3 is 6.03 Å². The number of hydrogen-bond acceptors (Lipinski definition) is 7. The summed E-state index contributed by atoms with van der Waals surface area (Å²) in [6.45, 7) is 7.50.